The molecule has 1 aromatic rings. The van der Waals surface area contributed by atoms with Crippen molar-refractivity contribution >= 4 is 11.8 Å². The van der Waals surface area contributed by atoms with Crippen LogP contribution in [0, 0.1) is 6.92 Å². The highest BCUT2D eigenvalue weighted by Crippen LogP contribution is 2.13. The van der Waals surface area contributed by atoms with Crippen LogP contribution in [-0.4, -0.2) is 42.5 Å². The van der Waals surface area contributed by atoms with Gasteiger partial charge in [-0.1, -0.05) is 17.7 Å². The van der Waals surface area contributed by atoms with Crippen LogP contribution in [0.4, 0.5) is 0 Å². The molecule has 1 aliphatic heterocycles. The smallest absolute Gasteiger partial charge is 0.254 e. The molecule has 18 heavy (non-hydrogen) atoms. The standard InChI is InChI=1S/C13H16N2O3/c1-9-2-4-10(5-3-9)13(17)15-6-7-18-8-11(15)12(14)16/h2-5,11H,6-8H2,1H3,(H2,14,16)/t11-/m1/s1. The highest BCUT2D eigenvalue weighted by atomic mass is 16.5. The lowest BCUT2D eigenvalue weighted by molar-refractivity contribution is -0.127. The largest absolute Gasteiger partial charge is 0.377 e. The van der Waals surface area contributed by atoms with Crippen molar-refractivity contribution in [2.75, 3.05) is 19.8 Å². The maximum atomic E-state index is 12.3. The molecule has 0 aliphatic carbocycles. The molecule has 2 amide bonds. The third kappa shape index (κ3) is 2.51. The molecule has 96 valence electrons. The predicted molar refractivity (Wildman–Crippen MR) is 66.0 cm³/mol. The normalized spacial score (nSPS) is 19.6. The van der Waals surface area contributed by atoms with Gasteiger partial charge in [0.05, 0.1) is 13.2 Å². The van der Waals surface area contributed by atoms with Crippen molar-refractivity contribution in [3.63, 3.8) is 0 Å². The molecule has 0 unspecified atom stereocenters. The third-order valence-electron chi connectivity index (χ3n) is 3.02. The van der Waals surface area contributed by atoms with E-state index in [2.05, 4.69) is 0 Å². The van der Waals surface area contributed by atoms with Crippen molar-refractivity contribution in [3.8, 4) is 0 Å². The number of rotatable bonds is 2. The minimum Gasteiger partial charge on any atom is -0.377 e. The Morgan fingerprint density at radius 2 is 2.00 bits per heavy atom. The molecule has 2 N–H and O–H groups in total. The van der Waals surface area contributed by atoms with E-state index in [-0.39, 0.29) is 12.5 Å². The van der Waals surface area contributed by atoms with Crippen molar-refractivity contribution in [2.24, 2.45) is 5.73 Å². The number of hydrogen-bond acceptors (Lipinski definition) is 3. The molecule has 1 aromatic carbocycles. The van der Waals surface area contributed by atoms with Crippen molar-refractivity contribution in [2.45, 2.75) is 13.0 Å². The molecule has 0 spiro atoms. The number of hydrogen-bond donors (Lipinski definition) is 1. The number of amides is 2. The highest BCUT2D eigenvalue weighted by molar-refractivity contribution is 5.97. The molecule has 0 aromatic heterocycles. The first-order chi connectivity index (χ1) is 8.59. The van der Waals surface area contributed by atoms with E-state index in [1.54, 1.807) is 12.1 Å². The number of ether oxygens (including phenoxy) is 1. The molecule has 0 bridgehead atoms. The molecule has 1 saturated heterocycles. The fraction of sp³-hybridized carbons (Fsp3) is 0.385. The topological polar surface area (TPSA) is 72.6 Å². The molecule has 5 heteroatoms. The molecule has 1 fully saturated rings. The lowest BCUT2D eigenvalue weighted by Gasteiger charge is -2.33. The fourth-order valence-electron chi connectivity index (χ4n) is 1.94. The van der Waals surface area contributed by atoms with Gasteiger partial charge < -0.3 is 15.4 Å². The van der Waals surface area contributed by atoms with E-state index in [0.29, 0.717) is 18.7 Å². The molecule has 5 nitrogen and oxygen atoms in total. The van der Waals surface area contributed by atoms with Crippen LogP contribution in [0.25, 0.3) is 0 Å². The van der Waals surface area contributed by atoms with Gasteiger partial charge in [-0.15, -0.1) is 0 Å². The Labute approximate surface area is 106 Å². The van der Waals surface area contributed by atoms with Crippen LogP contribution >= 0.6 is 0 Å². The third-order valence-corrected chi connectivity index (χ3v) is 3.02. The van der Waals surface area contributed by atoms with Gasteiger partial charge in [0.2, 0.25) is 5.91 Å². The number of carbonyl (C=O) groups excluding carboxylic acids is 2. The second kappa shape index (κ2) is 5.18. The predicted octanol–water partition coefficient (Wildman–Crippen LogP) is 0.321. The monoisotopic (exact) mass is 248 g/mol. The van der Waals surface area contributed by atoms with Crippen LogP contribution in [0.5, 0.6) is 0 Å². The van der Waals surface area contributed by atoms with E-state index in [1.807, 2.05) is 19.1 Å². The summed E-state index contributed by atoms with van der Waals surface area (Å²) in [6.45, 7) is 2.95. The van der Waals surface area contributed by atoms with Gasteiger partial charge in [-0.3, -0.25) is 9.59 Å². The van der Waals surface area contributed by atoms with Gasteiger partial charge in [-0.2, -0.15) is 0 Å². The summed E-state index contributed by atoms with van der Waals surface area (Å²) in [6.07, 6.45) is 0. The number of benzene rings is 1. The second-order valence-electron chi connectivity index (χ2n) is 4.36. The Hall–Kier alpha value is -1.88. The van der Waals surface area contributed by atoms with Crippen molar-refractivity contribution in [1.82, 2.24) is 4.90 Å². The number of nitrogens with two attached hydrogens (primary N) is 1. The SMILES string of the molecule is Cc1ccc(C(=O)N2CCOC[C@@H]2C(N)=O)cc1. The summed E-state index contributed by atoms with van der Waals surface area (Å²) < 4.78 is 5.18. The molecule has 1 atom stereocenters. The fourth-order valence-corrected chi connectivity index (χ4v) is 1.94. The van der Waals surface area contributed by atoms with Crippen molar-refractivity contribution in [1.29, 1.82) is 0 Å². The maximum absolute atomic E-state index is 12.3. The molecular formula is C13H16N2O3. The second-order valence-corrected chi connectivity index (χ2v) is 4.36. The quantitative estimate of drug-likeness (QED) is 0.819. The average molecular weight is 248 g/mol. The van der Waals surface area contributed by atoms with E-state index in [9.17, 15) is 9.59 Å². The van der Waals surface area contributed by atoms with Crippen LogP contribution in [0.1, 0.15) is 15.9 Å². The van der Waals surface area contributed by atoms with Crippen LogP contribution in [0.2, 0.25) is 0 Å². The first-order valence-electron chi connectivity index (χ1n) is 5.84. The first-order valence-corrected chi connectivity index (χ1v) is 5.84. The lowest BCUT2D eigenvalue weighted by atomic mass is 10.1. The van der Waals surface area contributed by atoms with Crippen molar-refractivity contribution in [3.05, 3.63) is 35.4 Å². The molecular weight excluding hydrogens is 232 g/mol. The summed E-state index contributed by atoms with van der Waals surface area (Å²) in [6, 6.07) is 6.57. The number of carbonyl (C=O) groups is 2. The molecule has 0 saturated carbocycles. The van der Waals surface area contributed by atoms with Gasteiger partial charge in [0.1, 0.15) is 6.04 Å². The van der Waals surface area contributed by atoms with Crippen LogP contribution in [-0.2, 0) is 9.53 Å². The summed E-state index contributed by atoms with van der Waals surface area (Å²) in [5.41, 5.74) is 6.93. The number of primary amides is 1. The van der Waals surface area contributed by atoms with Gasteiger partial charge in [0.15, 0.2) is 0 Å². The van der Waals surface area contributed by atoms with E-state index < -0.39 is 11.9 Å². The minimum absolute atomic E-state index is 0.174. The molecule has 1 heterocycles. The number of nitrogens with zero attached hydrogens (tertiary/aromatic N) is 1. The Balaban J connectivity index is 2.20. The Kier molecular flexibility index (Phi) is 3.62. The Morgan fingerprint density at radius 3 is 2.61 bits per heavy atom. The zero-order valence-electron chi connectivity index (χ0n) is 10.3. The summed E-state index contributed by atoms with van der Waals surface area (Å²) in [4.78, 5) is 25.1. The summed E-state index contributed by atoms with van der Waals surface area (Å²) in [7, 11) is 0. The van der Waals surface area contributed by atoms with E-state index in [4.69, 9.17) is 10.5 Å². The lowest BCUT2D eigenvalue weighted by Crippen LogP contribution is -2.54. The Morgan fingerprint density at radius 1 is 1.33 bits per heavy atom. The van der Waals surface area contributed by atoms with Crippen molar-refractivity contribution < 1.29 is 14.3 Å². The number of aryl methyl sites for hydroxylation is 1. The zero-order chi connectivity index (χ0) is 13.1. The van der Waals surface area contributed by atoms with Gasteiger partial charge in [-0.05, 0) is 19.1 Å². The summed E-state index contributed by atoms with van der Waals surface area (Å²) in [5, 5.41) is 0. The number of morpholine rings is 1. The molecule has 1 aliphatic rings. The molecule has 0 radical (unpaired) electrons. The van der Waals surface area contributed by atoms with E-state index >= 15 is 0 Å². The van der Waals surface area contributed by atoms with Crippen LogP contribution in [0.15, 0.2) is 24.3 Å². The Bertz CT molecular complexity index is 456. The summed E-state index contributed by atoms with van der Waals surface area (Å²) in [5.74, 6) is -0.711. The van der Waals surface area contributed by atoms with Crippen LogP contribution in [0.3, 0.4) is 0 Å². The van der Waals surface area contributed by atoms with E-state index in [0.717, 1.165) is 5.56 Å². The summed E-state index contributed by atoms with van der Waals surface area (Å²) >= 11 is 0. The minimum atomic E-state index is -0.674. The average Bonchev–Trinajstić information content (AvgIpc) is 2.39. The van der Waals surface area contributed by atoms with E-state index in [1.165, 1.54) is 4.90 Å². The highest BCUT2D eigenvalue weighted by Gasteiger charge is 2.31. The maximum Gasteiger partial charge on any atom is 0.254 e. The van der Waals surface area contributed by atoms with Gasteiger partial charge >= 0.3 is 0 Å². The van der Waals surface area contributed by atoms with Crippen LogP contribution < -0.4 is 5.73 Å². The zero-order valence-corrected chi connectivity index (χ0v) is 10.3. The first kappa shape index (κ1) is 12.6. The van der Waals surface area contributed by atoms with Gasteiger partial charge in [0, 0.05) is 12.1 Å². The molecule has 2 rings (SSSR count). The van der Waals surface area contributed by atoms with Gasteiger partial charge in [0.25, 0.3) is 5.91 Å². The van der Waals surface area contributed by atoms with Gasteiger partial charge in [-0.25, -0.2) is 0 Å².